The third kappa shape index (κ3) is 5.42. The fraction of sp³-hybridized carbons (Fsp3) is 0.391. The molecule has 1 saturated heterocycles. The normalized spacial score (nSPS) is 17.2. The molecule has 0 radical (unpaired) electrons. The maximum atomic E-state index is 11.5. The van der Waals surface area contributed by atoms with E-state index >= 15 is 0 Å². The van der Waals surface area contributed by atoms with Gasteiger partial charge in [0.15, 0.2) is 0 Å². The molecule has 1 atom stereocenters. The second kappa shape index (κ2) is 9.51. The van der Waals surface area contributed by atoms with Crippen molar-refractivity contribution in [3.05, 3.63) is 59.7 Å². The number of piperidine rings is 1. The van der Waals surface area contributed by atoms with Crippen molar-refractivity contribution in [3.8, 4) is 11.1 Å². The number of hydrogen-bond donors (Lipinski definition) is 2. The van der Waals surface area contributed by atoms with Crippen LogP contribution in [0.3, 0.4) is 0 Å². The van der Waals surface area contributed by atoms with Crippen molar-refractivity contribution in [1.82, 2.24) is 4.90 Å². The molecule has 28 heavy (non-hydrogen) atoms. The lowest BCUT2D eigenvalue weighted by atomic mass is 9.94. The average molecular weight is 380 g/mol. The highest BCUT2D eigenvalue weighted by Gasteiger charge is 2.22. The maximum absolute atomic E-state index is 11.5. The van der Waals surface area contributed by atoms with Gasteiger partial charge in [0.1, 0.15) is 5.84 Å². The van der Waals surface area contributed by atoms with E-state index in [-0.39, 0.29) is 11.8 Å². The second-order valence-electron chi connectivity index (χ2n) is 7.53. The van der Waals surface area contributed by atoms with E-state index in [9.17, 15) is 4.79 Å². The zero-order valence-corrected chi connectivity index (χ0v) is 16.5. The van der Waals surface area contributed by atoms with E-state index in [4.69, 9.17) is 15.9 Å². The Bertz CT molecular complexity index is 800. The first kappa shape index (κ1) is 20.1. The van der Waals surface area contributed by atoms with Crippen molar-refractivity contribution in [2.75, 3.05) is 26.7 Å². The summed E-state index contributed by atoms with van der Waals surface area (Å²) in [6.07, 6.45) is 3.80. The van der Waals surface area contributed by atoms with E-state index in [1.54, 1.807) is 0 Å². The topological polar surface area (TPSA) is 79.4 Å². The van der Waals surface area contributed by atoms with Crippen molar-refractivity contribution >= 4 is 11.8 Å². The van der Waals surface area contributed by atoms with Gasteiger partial charge in [0.2, 0.25) is 0 Å². The second-order valence-corrected chi connectivity index (χ2v) is 7.53. The third-order valence-corrected chi connectivity index (χ3v) is 5.49. The SMILES string of the molecule is COC(=O)CC1CCCN(CCc2ccc(-c3ccc(C(=N)N)cc3)cc2)C1. The summed E-state index contributed by atoms with van der Waals surface area (Å²) >= 11 is 0. The number of ether oxygens (including phenoxy) is 1. The number of esters is 1. The van der Waals surface area contributed by atoms with Gasteiger partial charge in [0, 0.05) is 25.1 Å². The van der Waals surface area contributed by atoms with Crippen LogP contribution in [0.4, 0.5) is 0 Å². The summed E-state index contributed by atoms with van der Waals surface area (Å²) in [7, 11) is 1.46. The van der Waals surface area contributed by atoms with Gasteiger partial charge in [-0.1, -0.05) is 48.5 Å². The minimum Gasteiger partial charge on any atom is -0.469 e. The van der Waals surface area contributed by atoms with Crippen LogP contribution in [0, 0.1) is 11.3 Å². The minimum absolute atomic E-state index is 0.0911. The number of hydrogen-bond acceptors (Lipinski definition) is 4. The molecule has 0 amide bonds. The van der Waals surface area contributed by atoms with Crippen LogP contribution in [-0.2, 0) is 16.0 Å². The van der Waals surface area contributed by atoms with Crippen LogP contribution in [0.15, 0.2) is 48.5 Å². The number of amidine groups is 1. The quantitative estimate of drug-likeness (QED) is 0.439. The van der Waals surface area contributed by atoms with E-state index in [1.165, 1.54) is 12.7 Å². The van der Waals surface area contributed by atoms with Gasteiger partial charge in [-0.25, -0.2) is 0 Å². The molecule has 1 heterocycles. The van der Waals surface area contributed by atoms with Crippen LogP contribution in [0.1, 0.15) is 30.4 Å². The van der Waals surface area contributed by atoms with Gasteiger partial charge in [0.25, 0.3) is 0 Å². The molecule has 3 rings (SSSR count). The Morgan fingerprint density at radius 1 is 1.14 bits per heavy atom. The summed E-state index contributed by atoms with van der Waals surface area (Å²) in [4.78, 5) is 14.0. The van der Waals surface area contributed by atoms with E-state index in [2.05, 4.69) is 29.2 Å². The molecule has 2 aromatic rings. The standard InChI is InChI=1S/C23H29N3O2/c1-28-22(27)15-18-3-2-13-26(16-18)14-12-17-4-6-19(7-5-17)20-8-10-21(11-9-20)23(24)25/h4-11,18H,2-3,12-16H2,1H3,(H3,24,25). The van der Waals surface area contributed by atoms with Crippen molar-refractivity contribution in [2.45, 2.75) is 25.7 Å². The Hall–Kier alpha value is -2.66. The van der Waals surface area contributed by atoms with Crippen LogP contribution in [-0.4, -0.2) is 43.4 Å². The number of nitrogen functional groups attached to an aromatic ring is 1. The lowest BCUT2D eigenvalue weighted by Gasteiger charge is -2.32. The average Bonchev–Trinajstić information content (AvgIpc) is 2.73. The first-order chi connectivity index (χ1) is 13.5. The number of methoxy groups -OCH3 is 1. The predicted molar refractivity (Wildman–Crippen MR) is 112 cm³/mol. The molecule has 0 saturated carbocycles. The summed E-state index contributed by atoms with van der Waals surface area (Å²) in [6.45, 7) is 3.11. The van der Waals surface area contributed by atoms with Gasteiger partial charge in [-0.2, -0.15) is 0 Å². The molecule has 5 nitrogen and oxygen atoms in total. The van der Waals surface area contributed by atoms with Crippen LogP contribution >= 0.6 is 0 Å². The fourth-order valence-corrected chi connectivity index (χ4v) is 3.83. The van der Waals surface area contributed by atoms with Crippen molar-refractivity contribution in [3.63, 3.8) is 0 Å². The summed E-state index contributed by atoms with van der Waals surface area (Å²) in [5.41, 5.74) is 9.86. The summed E-state index contributed by atoms with van der Waals surface area (Å²) in [5, 5.41) is 7.48. The lowest BCUT2D eigenvalue weighted by molar-refractivity contribution is -0.142. The number of benzene rings is 2. The van der Waals surface area contributed by atoms with E-state index < -0.39 is 0 Å². The molecule has 3 N–H and O–H groups in total. The first-order valence-electron chi connectivity index (χ1n) is 9.88. The number of nitrogens with one attached hydrogen (secondary N) is 1. The summed E-state index contributed by atoms with van der Waals surface area (Å²) < 4.78 is 4.81. The van der Waals surface area contributed by atoms with E-state index in [1.807, 2.05) is 24.3 Å². The summed E-state index contributed by atoms with van der Waals surface area (Å²) in [6, 6.07) is 16.4. The van der Waals surface area contributed by atoms with Gasteiger partial charge in [-0.15, -0.1) is 0 Å². The molecule has 0 spiro atoms. The van der Waals surface area contributed by atoms with Crippen LogP contribution in [0.5, 0.6) is 0 Å². The smallest absolute Gasteiger partial charge is 0.305 e. The van der Waals surface area contributed by atoms with Gasteiger partial charge < -0.3 is 15.4 Å². The van der Waals surface area contributed by atoms with Crippen LogP contribution in [0.25, 0.3) is 11.1 Å². The fourth-order valence-electron chi connectivity index (χ4n) is 3.83. The van der Waals surface area contributed by atoms with Crippen molar-refractivity contribution in [2.24, 2.45) is 11.7 Å². The Balaban J connectivity index is 1.53. The van der Waals surface area contributed by atoms with Crippen LogP contribution < -0.4 is 5.73 Å². The maximum Gasteiger partial charge on any atom is 0.305 e. The Labute approximate surface area is 167 Å². The highest BCUT2D eigenvalue weighted by molar-refractivity contribution is 5.95. The molecular weight excluding hydrogens is 350 g/mol. The van der Waals surface area contributed by atoms with Crippen molar-refractivity contribution < 1.29 is 9.53 Å². The minimum atomic E-state index is -0.0984. The molecule has 1 aliphatic heterocycles. The molecule has 0 aromatic heterocycles. The van der Waals surface area contributed by atoms with E-state index in [0.717, 1.165) is 55.6 Å². The van der Waals surface area contributed by atoms with E-state index in [0.29, 0.717) is 12.3 Å². The first-order valence-corrected chi connectivity index (χ1v) is 9.88. The highest BCUT2D eigenvalue weighted by atomic mass is 16.5. The Kier molecular flexibility index (Phi) is 6.82. The number of nitrogens with two attached hydrogens (primary N) is 1. The Morgan fingerprint density at radius 2 is 1.79 bits per heavy atom. The van der Waals surface area contributed by atoms with Crippen LogP contribution in [0.2, 0.25) is 0 Å². The number of rotatable bonds is 7. The number of likely N-dealkylation sites (tertiary alicyclic amines) is 1. The lowest BCUT2D eigenvalue weighted by Crippen LogP contribution is -2.37. The highest BCUT2D eigenvalue weighted by Crippen LogP contribution is 2.22. The molecule has 5 heteroatoms. The molecule has 1 fully saturated rings. The van der Waals surface area contributed by atoms with Gasteiger partial charge in [0.05, 0.1) is 7.11 Å². The molecule has 148 valence electrons. The van der Waals surface area contributed by atoms with Gasteiger partial charge >= 0.3 is 5.97 Å². The summed E-state index contributed by atoms with van der Waals surface area (Å²) in [5.74, 6) is 0.411. The monoisotopic (exact) mass is 379 g/mol. The zero-order valence-electron chi connectivity index (χ0n) is 16.5. The number of nitrogens with zero attached hydrogens (tertiary/aromatic N) is 1. The Morgan fingerprint density at radius 3 is 2.39 bits per heavy atom. The van der Waals surface area contributed by atoms with Crippen molar-refractivity contribution in [1.29, 1.82) is 5.41 Å². The molecular formula is C23H29N3O2. The van der Waals surface area contributed by atoms with Gasteiger partial charge in [-0.05, 0) is 48.4 Å². The zero-order chi connectivity index (χ0) is 19.9. The molecule has 0 bridgehead atoms. The van der Waals surface area contributed by atoms with Gasteiger partial charge in [-0.3, -0.25) is 10.2 Å². The molecule has 2 aromatic carbocycles. The number of carbonyl (C=O) groups is 1. The molecule has 0 aliphatic carbocycles. The molecule has 1 aliphatic rings. The third-order valence-electron chi connectivity index (χ3n) is 5.49. The molecule has 1 unspecified atom stereocenters. The predicted octanol–water partition coefficient (Wildman–Crippen LogP) is 3.46. The largest absolute Gasteiger partial charge is 0.469 e. The number of carbonyl (C=O) groups excluding carboxylic acids is 1.